The zero-order valence-electron chi connectivity index (χ0n) is 14.4. The number of nitrogens with one attached hydrogen (secondary N) is 1. The number of amides is 1. The molecule has 7 heteroatoms. The minimum Gasteiger partial charge on any atom is -0.497 e. The molecule has 136 valence electrons. The number of rotatable bonds is 6. The molecule has 0 atom stereocenters. The molecular weight excluding hydrogens is 364 g/mol. The normalized spacial score (nSPS) is 10.6. The van der Waals surface area contributed by atoms with Gasteiger partial charge in [0.05, 0.1) is 13.3 Å². The molecule has 1 amide bonds. The number of carbonyl (C=O) groups excluding carboxylic acids is 2. The van der Waals surface area contributed by atoms with Crippen LogP contribution in [0.4, 0.5) is 0 Å². The summed E-state index contributed by atoms with van der Waals surface area (Å²) in [5, 5.41) is 5.75. The zero-order chi connectivity index (χ0) is 19.1. The summed E-state index contributed by atoms with van der Waals surface area (Å²) in [5.74, 6) is 0.399. The van der Waals surface area contributed by atoms with Crippen LogP contribution in [0, 0.1) is 0 Å². The standard InChI is InChI=1S/C20H16N2O4S/c1-25-16-10-6-15(7-11-16)19(23)22-21-13-14-4-8-17(9-5-14)26-20(24)18-3-2-12-27-18/h2-13H,1H3,(H,22,23). The molecule has 6 nitrogen and oxygen atoms in total. The minimum atomic E-state index is -0.391. The SMILES string of the molecule is COc1ccc(C(=O)NN=Cc2ccc(OC(=O)c3cccs3)cc2)cc1. The number of esters is 1. The van der Waals surface area contributed by atoms with Crippen molar-refractivity contribution in [3.05, 3.63) is 82.0 Å². The molecule has 1 N–H and O–H groups in total. The molecule has 27 heavy (non-hydrogen) atoms. The lowest BCUT2D eigenvalue weighted by molar-refractivity contribution is 0.0739. The molecule has 0 bridgehead atoms. The third kappa shape index (κ3) is 5.02. The van der Waals surface area contributed by atoms with Gasteiger partial charge in [-0.05, 0) is 65.5 Å². The zero-order valence-corrected chi connectivity index (χ0v) is 15.2. The fourth-order valence-corrected chi connectivity index (χ4v) is 2.75. The van der Waals surface area contributed by atoms with E-state index in [1.54, 1.807) is 67.8 Å². The molecule has 2 aromatic carbocycles. The van der Waals surface area contributed by atoms with Gasteiger partial charge in [-0.3, -0.25) is 4.79 Å². The van der Waals surface area contributed by atoms with Gasteiger partial charge in [0.1, 0.15) is 16.4 Å². The van der Waals surface area contributed by atoms with Crippen LogP contribution in [-0.2, 0) is 0 Å². The Hall–Kier alpha value is -3.45. The molecule has 0 aliphatic carbocycles. The largest absolute Gasteiger partial charge is 0.497 e. The summed E-state index contributed by atoms with van der Waals surface area (Å²) in [6.45, 7) is 0. The second-order valence-corrected chi connectivity index (χ2v) is 6.31. The van der Waals surface area contributed by atoms with Crippen LogP contribution in [0.5, 0.6) is 11.5 Å². The monoisotopic (exact) mass is 380 g/mol. The predicted molar refractivity (Wildman–Crippen MR) is 104 cm³/mol. The number of nitrogens with zero attached hydrogens (tertiary/aromatic N) is 1. The van der Waals surface area contributed by atoms with Crippen molar-refractivity contribution in [1.29, 1.82) is 0 Å². The van der Waals surface area contributed by atoms with Gasteiger partial charge in [0.25, 0.3) is 5.91 Å². The molecule has 0 saturated carbocycles. The third-order valence-corrected chi connectivity index (χ3v) is 4.39. The van der Waals surface area contributed by atoms with E-state index in [-0.39, 0.29) is 5.91 Å². The number of ether oxygens (including phenoxy) is 2. The predicted octanol–water partition coefficient (Wildman–Crippen LogP) is 3.74. The van der Waals surface area contributed by atoms with Crippen LogP contribution in [0.15, 0.2) is 71.1 Å². The van der Waals surface area contributed by atoms with E-state index >= 15 is 0 Å². The van der Waals surface area contributed by atoms with Crippen LogP contribution in [0.3, 0.4) is 0 Å². The van der Waals surface area contributed by atoms with Crippen molar-refractivity contribution < 1.29 is 19.1 Å². The maximum absolute atomic E-state index is 12.0. The molecular formula is C20H16N2O4S. The highest BCUT2D eigenvalue weighted by atomic mass is 32.1. The van der Waals surface area contributed by atoms with Gasteiger partial charge in [-0.25, -0.2) is 10.2 Å². The first-order valence-corrected chi connectivity index (χ1v) is 8.87. The molecule has 0 spiro atoms. The molecule has 0 aliphatic rings. The highest BCUT2D eigenvalue weighted by Crippen LogP contribution is 2.16. The van der Waals surface area contributed by atoms with Crippen molar-refractivity contribution >= 4 is 29.4 Å². The molecule has 3 rings (SSSR count). The lowest BCUT2D eigenvalue weighted by Crippen LogP contribution is -2.17. The van der Waals surface area contributed by atoms with Gasteiger partial charge >= 0.3 is 5.97 Å². The second-order valence-electron chi connectivity index (χ2n) is 5.36. The number of methoxy groups -OCH3 is 1. The summed E-state index contributed by atoms with van der Waals surface area (Å²) >= 11 is 1.32. The van der Waals surface area contributed by atoms with Crippen LogP contribution in [0.2, 0.25) is 0 Å². The summed E-state index contributed by atoms with van der Waals surface area (Å²) in [7, 11) is 1.56. The maximum atomic E-state index is 12.0. The highest BCUT2D eigenvalue weighted by Gasteiger charge is 2.09. The fourth-order valence-electron chi connectivity index (χ4n) is 2.15. The lowest BCUT2D eigenvalue weighted by atomic mass is 10.2. The van der Waals surface area contributed by atoms with Crippen LogP contribution >= 0.6 is 11.3 Å². The molecule has 0 unspecified atom stereocenters. The Morgan fingerprint density at radius 3 is 2.33 bits per heavy atom. The van der Waals surface area contributed by atoms with Gasteiger partial charge in [-0.2, -0.15) is 5.10 Å². The van der Waals surface area contributed by atoms with Gasteiger partial charge in [0.15, 0.2) is 0 Å². The molecule has 1 aromatic heterocycles. The van der Waals surface area contributed by atoms with E-state index in [1.807, 2.05) is 5.38 Å². The van der Waals surface area contributed by atoms with E-state index in [4.69, 9.17) is 9.47 Å². The minimum absolute atomic E-state index is 0.324. The van der Waals surface area contributed by atoms with Crippen LogP contribution in [-0.4, -0.2) is 25.2 Å². The fraction of sp³-hybridized carbons (Fsp3) is 0.0500. The Balaban J connectivity index is 1.54. The van der Waals surface area contributed by atoms with E-state index in [0.717, 1.165) is 5.56 Å². The maximum Gasteiger partial charge on any atom is 0.353 e. The van der Waals surface area contributed by atoms with E-state index in [2.05, 4.69) is 10.5 Å². The number of hydrazone groups is 1. The first-order chi connectivity index (χ1) is 13.2. The van der Waals surface area contributed by atoms with Crippen molar-refractivity contribution in [3.8, 4) is 11.5 Å². The topological polar surface area (TPSA) is 77.0 Å². The molecule has 0 aliphatic heterocycles. The van der Waals surface area contributed by atoms with E-state index < -0.39 is 5.97 Å². The van der Waals surface area contributed by atoms with Crippen molar-refractivity contribution in [2.45, 2.75) is 0 Å². The van der Waals surface area contributed by atoms with Gasteiger partial charge < -0.3 is 9.47 Å². The van der Waals surface area contributed by atoms with Crippen LogP contribution in [0.1, 0.15) is 25.6 Å². The number of benzene rings is 2. The number of hydrogen-bond acceptors (Lipinski definition) is 6. The Labute approximate surface area is 160 Å². The van der Waals surface area contributed by atoms with E-state index in [9.17, 15) is 9.59 Å². The second kappa shape index (κ2) is 8.77. The van der Waals surface area contributed by atoms with Gasteiger partial charge in [0.2, 0.25) is 0 Å². The lowest BCUT2D eigenvalue weighted by Gasteiger charge is -2.03. The Morgan fingerprint density at radius 2 is 1.70 bits per heavy atom. The molecule has 0 radical (unpaired) electrons. The molecule has 1 heterocycles. The van der Waals surface area contributed by atoms with Gasteiger partial charge in [-0.15, -0.1) is 11.3 Å². The number of thiophene rings is 1. The summed E-state index contributed by atoms with van der Waals surface area (Å²) < 4.78 is 10.3. The first-order valence-electron chi connectivity index (χ1n) is 7.99. The van der Waals surface area contributed by atoms with Crippen LogP contribution < -0.4 is 14.9 Å². The quantitative estimate of drug-likeness (QED) is 0.306. The molecule has 0 saturated heterocycles. The summed E-state index contributed by atoms with van der Waals surface area (Å²) in [6, 6.07) is 17.0. The number of carbonyl (C=O) groups is 2. The Morgan fingerprint density at radius 1 is 1.00 bits per heavy atom. The Kier molecular flexibility index (Phi) is 5.96. The van der Waals surface area contributed by atoms with E-state index in [0.29, 0.717) is 21.9 Å². The first kappa shape index (κ1) is 18.3. The number of hydrogen-bond donors (Lipinski definition) is 1. The van der Waals surface area contributed by atoms with Crippen molar-refractivity contribution in [1.82, 2.24) is 5.43 Å². The van der Waals surface area contributed by atoms with Gasteiger partial charge in [-0.1, -0.05) is 6.07 Å². The van der Waals surface area contributed by atoms with Gasteiger partial charge in [0, 0.05) is 5.56 Å². The molecule has 3 aromatic rings. The summed E-state index contributed by atoms with van der Waals surface area (Å²) in [6.07, 6.45) is 1.51. The van der Waals surface area contributed by atoms with Crippen molar-refractivity contribution in [2.75, 3.05) is 7.11 Å². The average Bonchev–Trinajstić information content (AvgIpc) is 3.24. The average molecular weight is 380 g/mol. The summed E-state index contributed by atoms with van der Waals surface area (Å²) in [4.78, 5) is 24.4. The summed E-state index contributed by atoms with van der Waals surface area (Å²) in [5.41, 5.74) is 3.68. The molecule has 0 fully saturated rings. The van der Waals surface area contributed by atoms with Crippen molar-refractivity contribution in [2.24, 2.45) is 5.10 Å². The highest BCUT2D eigenvalue weighted by molar-refractivity contribution is 7.12. The van der Waals surface area contributed by atoms with Crippen molar-refractivity contribution in [3.63, 3.8) is 0 Å². The smallest absolute Gasteiger partial charge is 0.353 e. The van der Waals surface area contributed by atoms with E-state index in [1.165, 1.54) is 17.6 Å². The Bertz CT molecular complexity index is 933. The van der Waals surface area contributed by atoms with Crippen LogP contribution in [0.25, 0.3) is 0 Å². The third-order valence-electron chi connectivity index (χ3n) is 3.54.